The molecule has 22 heavy (non-hydrogen) atoms. The smallest absolute Gasteiger partial charge is 0.232 e. The lowest BCUT2D eigenvalue weighted by atomic mass is 10.2. The minimum absolute atomic E-state index is 0.0582. The molecule has 0 atom stereocenters. The van der Waals surface area contributed by atoms with Crippen molar-refractivity contribution in [3.63, 3.8) is 0 Å². The van der Waals surface area contributed by atoms with Crippen molar-refractivity contribution in [1.29, 1.82) is 0 Å². The number of nitrogens with zero attached hydrogens (tertiary/aromatic N) is 2. The van der Waals surface area contributed by atoms with Crippen LogP contribution in [-0.4, -0.2) is 22.1 Å². The van der Waals surface area contributed by atoms with Crippen LogP contribution >= 0.6 is 0 Å². The normalized spacial score (nSPS) is 10.8. The van der Waals surface area contributed by atoms with Gasteiger partial charge in [0.2, 0.25) is 5.91 Å². The van der Waals surface area contributed by atoms with Gasteiger partial charge in [-0.3, -0.25) is 9.36 Å². The largest absolute Gasteiger partial charge is 0.494 e. The lowest BCUT2D eigenvalue weighted by Gasteiger charge is -2.07. The highest BCUT2D eigenvalue weighted by Crippen LogP contribution is 2.16. The van der Waals surface area contributed by atoms with Gasteiger partial charge >= 0.3 is 0 Å². The SMILES string of the molecule is Cc1nc2ccccc2n1C(=O)CCCOc1ccccc1. The quantitative estimate of drug-likeness (QED) is 0.671. The summed E-state index contributed by atoms with van der Waals surface area (Å²) in [5, 5.41) is 0. The highest BCUT2D eigenvalue weighted by molar-refractivity contribution is 5.91. The number of imidazole rings is 1. The molecular formula is C18H18N2O2. The number of hydrogen-bond donors (Lipinski definition) is 0. The van der Waals surface area contributed by atoms with E-state index in [0.717, 1.165) is 22.6 Å². The molecule has 3 aromatic rings. The Morgan fingerprint density at radius 1 is 1.09 bits per heavy atom. The summed E-state index contributed by atoms with van der Waals surface area (Å²) in [4.78, 5) is 16.8. The first-order valence-electron chi connectivity index (χ1n) is 7.41. The second-order valence-corrected chi connectivity index (χ2v) is 5.14. The maximum atomic E-state index is 12.4. The first-order chi connectivity index (χ1) is 10.8. The number of carbonyl (C=O) groups excluding carboxylic acids is 1. The van der Waals surface area contributed by atoms with E-state index in [-0.39, 0.29) is 5.91 Å². The number of rotatable bonds is 5. The number of para-hydroxylation sites is 3. The lowest BCUT2D eigenvalue weighted by molar-refractivity contribution is 0.0895. The zero-order chi connectivity index (χ0) is 15.4. The third kappa shape index (κ3) is 3.01. The van der Waals surface area contributed by atoms with Gasteiger partial charge in [0, 0.05) is 6.42 Å². The standard InChI is InChI=1S/C18H18N2O2/c1-14-19-16-10-5-6-11-17(16)20(14)18(21)12-7-13-22-15-8-3-2-4-9-15/h2-6,8-11H,7,12-13H2,1H3. The predicted molar refractivity (Wildman–Crippen MR) is 86.3 cm³/mol. The van der Waals surface area contributed by atoms with E-state index in [1.54, 1.807) is 4.57 Å². The van der Waals surface area contributed by atoms with Gasteiger partial charge in [-0.05, 0) is 37.6 Å². The highest BCUT2D eigenvalue weighted by Gasteiger charge is 2.13. The van der Waals surface area contributed by atoms with E-state index in [1.165, 1.54) is 0 Å². The van der Waals surface area contributed by atoms with Crippen LogP contribution < -0.4 is 4.74 Å². The van der Waals surface area contributed by atoms with Crippen LogP contribution in [0.25, 0.3) is 11.0 Å². The summed E-state index contributed by atoms with van der Waals surface area (Å²) in [5.41, 5.74) is 1.72. The Balaban J connectivity index is 1.61. The average Bonchev–Trinajstić information content (AvgIpc) is 2.88. The number of hydrogen-bond acceptors (Lipinski definition) is 3. The number of aryl methyl sites for hydroxylation is 1. The summed E-state index contributed by atoms with van der Waals surface area (Å²) >= 11 is 0. The maximum Gasteiger partial charge on any atom is 0.232 e. The summed E-state index contributed by atoms with van der Waals surface area (Å²) in [6.45, 7) is 2.39. The first-order valence-corrected chi connectivity index (χ1v) is 7.41. The summed E-state index contributed by atoms with van der Waals surface area (Å²) in [6, 6.07) is 17.3. The van der Waals surface area contributed by atoms with E-state index in [2.05, 4.69) is 4.98 Å². The molecule has 0 saturated carbocycles. The number of fused-ring (bicyclic) bond motifs is 1. The Bertz CT molecular complexity index is 778. The van der Waals surface area contributed by atoms with Crippen LogP contribution in [-0.2, 0) is 0 Å². The monoisotopic (exact) mass is 294 g/mol. The van der Waals surface area contributed by atoms with Crippen molar-refractivity contribution in [1.82, 2.24) is 9.55 Å². The molecule has 112 valence electrons. The minimum Gasteiger partial charge on any atom is -0.494 e. The van der Waals surface area contributed by atoms with E-state index in [4.69, 9.17) is 4.74 Å². The van der Waals surface area contributed by atoms with Gasteiger partial charge < -0.3 is 4.74 Å². The Labute approximate surface area is 129 Å². The van der Waals surface area contributed by atoms with Crippen molar-refractivity contribution in [2.75, 3.05) is 6.61 Å². The fourth-order valence-electron chi connectivity index (χ4n) is 2.50. The molecule has 0 aliphatic carbocycles. The highest BCUT2D eigenvalue weighted by atomic mass is 16.5. The zero-order valence-corrected chi connectivity index (χ0v) is 12.5. The molecule has 0 radical (unpaired) electrons. The van der Waals surface area contributed by atoms with Crippen LogP contribution in [0.1, 0.15) is 23.5 Å². The summed E-state index contributed by atoms with van der Waals surface area (Å²) in [5.74, 6) is 1.62. The molecule has 1 aromatic heterocycles. The Morgan fingerprint density at radius 2 is 1.82 bits per heavy atom. The lowest BCUT2D eigenvalue weighted by Crippen LogP contribution is -2.13. The Morgan fingerprint density at radius 3 is 2.64 bits per heavy atom. The number of aromatic nitrogens is 2. The van der Waals surface area contributed by atoms with Crippen LogP contribution in [0.3, 0.4) is 0 Å². The van der Waals surface area contributed by atoms with Crippen molar-refractivity contribution in [3.05, 3.63) is 60.4 Å². The molecule has 4 nitrogen and oxygen atoms in total. The van der Waals surface area contributed by atoms with Crippen LogP contribution in [0, 0.1) is 6.92 Å². The zero-order valence-electron chi connectivity index (χ0n) is 12.5. The molecule has 0 saturated heterocycles. The molecule has 4 heteroatoms. The molecular weight excluding hydrogens is 276 g/mol. The fraction of sp³-hybridized carbons (Fsp3) is 0.222. The van der Waals surface area contributed by atoms with Gasteiger partial charge in [-0.2, -0.15) is 0 Å². The molecule has 0 N–H and O–H groups in total. The molecule has 0 unspecified atom stereocenters. The average molecular weight is 294 g/mol. The fourth-order valence-corrected chi connectivity index (χ4v) is 2.50. The van der Waals surface area contributed by atoms with E-state index in [9.17, 15) is 4.79 Å². The molecule has 0 aliphatic heterocycles. The van der Waals surface area contributed by atoms with Gasteiger partial charge in [0.25, 0.3) is 0 Å². The molecule has 3 rings (SSSR count). The number of benzene rings is 2. The van der Waals surface area contributed by atoms with E-state index in [0.29, 0.717) is 19.4 Å². The minimum atomic E-state index is 0.0582. The molecule has 2 aromatic carbocycles. The Hall–Kier alpha value is -2.62. The van der Waals surface area contributed by atoms with Crippen LogP contribution in [0.2, 0.25) is 0 Å². The molecule has 0 spiro atoms. The van der Waals surface area contributed by atoms with Crippen molar-refractivity contribution >= 4 is 16.9 Å². The summed E-state index contributed by atoms with van der Waals surface area (Å²) < 4.78 is 7.31. The van der Waals surface area contributed by atoms with Gasteiger partial charge in [0.15, 0.2) is 0 Å². The first kappa shape index (κ1) is 14.3. The summed E-state index contributed by atoms with van der Waals surface area (Å²) in [7, 11) is 0. The van der Waals surface area contributed by atoms with E-state index >= 15 is 0 Å². The van der Waals surface area contributed by atoms with Crippen molar-refractivity contribution in [2.45, 2.75) is 19.8 Å². The third-order valence-electron chi connectivity index (χ3n) is 3.52. The summed E-state index contributed by atoms with van der Waals surface area (Å²) in [6.07, 6.45) is 1.12. The van der Waals surface area contributed by atoms with Crippen molar-refractivity contribution < 1.29 is 9.53 Å². The third-order valence-corrected chi connectivity index (χ3v) is 3.52. The number of carbonyl (C=O) groups is 1. The second-order valence-electron chi connectivity index (χ2n) is 5.14. The van der Waals surface area contributed by atoms with Gasteiger partial charge in [0.05, 0.1) is 17.6 Å². The van der Waals surface area contributed by atoms with Crippen LogP contribution in [0.4, 0.5) is 0 Å². The van der Waals surface area contributed by atoms with E-state index < -0.39 is 0 Å². The molecule has 0 bridgehead atoms. The van der Waals surface area contributed by atoms with Gasteiger partial charge in [-0.25, -0.2) is 4.98 Å². The van der Waals surface area contributed by atoms with Crippen molar-refractivity contribution in [3.8, 4) is 5.75 Å². The Kier molecular flexibility index (Phi) is 4.19. The van der Waals surface area contributed by atoms with Crippen molar-refractivity contribution in [2.24, 2.45) is 0 Å². The number of ether oxygens (including phenoxy) is 1. The second kappa shape index (κ2) is 6.43. The molecule has 0 aliphatic rings. The van der Waals surface area contributed by atoms with E-state index in [1.807, 2.05) is 61.5 Å². The topological polar surface area (TPSA) is 44.1 Å². The molecule has 1 heterocycles. The molecule has 0 amide bonds. The van der Waals surface area contributed by atoms with Gasteiger partial charge in [-0.15, -0.1) is 0 Å². The molecule has 0 fully saturated rings. The van der Waals surface area contributed by atoms with Gasteiger partial charge in [0.1, 0.15) is 11.6 Å². The van der Waals surface area contributed by atoms with Crippen LogP contribution in [0.15, 0.2) is 54.6 Å². The van der Waals surface area contributed by atoms with Gasteiger partial charge in [-0.1, -0.05) is 30.3 Å². The predicted octanol–water partition coefficient (Wildman–Crippen LogP) is 3.84. The van der Waals surface area contributed by atoms with Crippen LogP contribution in [0.5, 0.6) is 5.75 Å². The maximum absolute atomic E-state index is 12.4.